The molecule has 0 aliphatic carbocycles. The molecule has 23 heavy (non-hydrogen) atoms. The normalized spacial score (nSPS) is 10.7. The third-order valence-electron chi connectivity index (χ3n) is 3.26. The van der Waals surface area contributed by atoms with Crippen molar-refractivity contribution in [3.8, 4) is 5.75 Å². The number of halogens is 2. The molecular weight excluding hydrogens is 300 g/mol. The Bertz CT molecular complexity index is 669. The van der Waals surface area contributed by atoms with E-state index >= 15 is 0 Å². The van der Waals surface area contributed by atoms with E-state index < -0.39 is 17.5 Å². The Morgan fingerprint density at radius 2 is 1.83 bits per heavy atom. The van der Waals surface area contributed by atoms with Gasteiger partial charge < -0.3 is 10.1 Å². The first-order valence-corrected chi connectivity index (χ1v) is 7.45. The van der Waals surface area contributed by atoms with Crippen molar-refractivity contribution in [1.82, 2.24) is 0 Å². The number of amides is 1. The van der Waals surface area contributed by atoms with Gasteiger partial charge in [0, 0.05) is 11.6 Å². The highest BCUT2D eigenvalue weighted by Crippen LogP contribution is 2.18. The van der Waals surface area contributed by atoms with Crippen LogP contribution in [0.4, 0.5) is 14.5 Å². The highest BCUT2D eigenvalue weighted by atomic mass is 19.1. The fraction of sp³-hybridized carbons (Fsp3) is 0.278. The second kappa shape index (κ2) is 7.72. The second-order valence-electron chi connectivity index (χ2n) is 5.63. The van der Waals surface area contributed by atoms with Gasteiger partial charge in [-0.3, -0.25) is 4.79 Å². The summed E-state index contributed by atoms with van der Waals surface area (Å²) in [6, 6.07) is 9.58. The fourth-order valence-corrected chi connectivity index (χ4v) is 1.90. The largest absolute Gasteiger partial charge is 0.494 e. The Kier molecular flexibility index (Phi) is 5.68. The van der Waals surface area contributed by atoms with Crippen molar-refractivity contribution in [3.63, 3.8) is 0 Å². The van der Waals surface area contributed by atoms with Crippen molar-refractivity contribution in [1.29, 1.82) is 0 Å². The summed E-state index contributed by atoms with van der Waals surface area (Å²) in [7, 11) is 0. The minimum Gasteiger partial charge on any atom is -0.494 e. The van der Waals surface area contributed by atoms with Gasteiger partial charge in [-0.05, 0) is 48.7 Å². The molecule has 0 bridgehead atoms. The van der Waals surface area contributed by atoms with E-state index in [1.165, 1.54) is 6.07 Å². The number of nitrogens with one attached hydrogen (secondary N) is 1. The maximum Gasteiger partial charge on any atom is 0.255 e. The minimum absolute atomic E-state index is 0.0614. The Morgan fingerprint density at radius 1 is 1.13 bits per heavy atom. The molecule has 1 N–H and O–H groups in total. The van der Waals surface area contributed by atoms with Crippen LogP contribution in [0.5, 0.6) is 5.75 Å². The second-order valence-corrected chi connectivity index (χ2v) is 5.63. The maximum absolute atomic E-state index is 13.5. The predicted molar refractivity (Wildman–Crippen MR) is 85.7 cm³/mol. The van der Waals surface area contributed by atoms with Crippen LogP contribution in [0.3, 0.4) is 0 Å². The minimum atomic E-state index is -0.813. The first-order valence-electron chi connectivity index (χ1n) is 7.45. The van der Waals surface area contributed by atoms with Crippen molar-refractivity contribution >= 4 is 11.6 Å². The number of ether oxygens (including phenoxy) is 1. The third kappa shape index (κ3) is 5.06. The molecule has 0 saturated carbocycles. The Labute approximate surface area is 134 Å². The molecule has 0 aliphatic rings. The van der Waals surface area contributed by atoms with Gasteiger partial charge in [-0.15, -0.1) is 0 Å². The summed E-state index contributed by atoms with van der Waals surface area (Å²) in [6.45, 7) is 4.85. The molecule has 0 fully saturated rings. The highest BCUT2D eigenvalue weighted by Gasteiger charge is 2.10. The molecule has 0 radical (unpaired) electrons. The van der Waals surface area contributed by atoms with Crippen LogP contribution >= 0.6 is 0 Å². The molecule has 5 heteroatoms. The molecule has 2 aromatic rings. The molecule has 0 atom stereocenters. The molecule has 1 amide bonds. The quantitative estimate of drug-likeness (QED) is 0.842. The van der Waals surface area contributed by atoms with E-state index in [-0.39, 0.29) is 5.69 Å². The van der Waals surface area contributed by atoms with Gasteiger partial charge in [0.05, 0.1) is 12.3 Å². The van der Waals surface area contributed by atoms with Crippen molar-refractivity contribution in [2.24, 2.45) is 5.92 Å². The average molecular weight is 319 g/mol. The number of rotatable bonds is 6. The molecule has 3 nitrogen and oxygen atoms in total. The Hall–Kier alpha value is -2.43. The topological polar surface area (TPSA) is 38.3 Å². The van der Waals surface area contributed by atoms with Gasteiger partial charge in [0.15, 0.2) is 0 Å². The molecule has 2 rings (SSSR count). The first kappa shape index (κ1) is 16.9. The van der Waals surface area contributed by atoms with E-state index in [4.69, 9.17) is 4.74 Å². The van der Waals surface area contributed by atoms with E-state index in [2.05, 4.69) is 19.2 Å². The van der Waals surface area contributed by atoms with Crippen LogP contribution < -0.4 is 10.1 Å². The summed E-state index contributed by atoms with van der Waals surface area (Å²) in [4.78, 5) is 12.1. The van der Waals surface area contributed by atoms with Crippen molar-refractivity contribution in [2.75, 3.05) is 11.9 Å². The van der Waals surface area contributed by atoms with Crippen LogP contribution in [-0.2, 0) is 0 Å². The zero-order chi connectivity index (χ0) is 16.8. The average Bonchev–Trinajstić information content (AvgIpc) is 2.50. The summed E-state index contributed by atoms with van der Waals surface area (Å²) in [5, 5.41) is 2.41. The van der Waals surface area contributed by atoms with Gasteiger partial charge in [0.2, 0.25) is 0 Å². The monoisotopic (exact) mass is 319 g/mol. The number of carbonyl (C=O) groups is 1. The van der Waals surface area contributed by atoms with E-state index in [0.717, 1.165) is 18.6 Å². The van der Waals surface area contributed by atoms with E-state index in [9.17, 15) is 13.6 Å². The smallest absolute Gasteiger partial charge is 0.255 e. The van der Waals surface area contributed by atoms with Crippen molar-refractivity contribution < 1.29 is 18.3 Å². The molecule has 0 spiro atoms. The highest BCUT2D eigenvalue weighted by molar-refractivity contribution is 6.04. The zero-order valence-corrected chi connectivity index (χ0v) is 13.1. The molecule has 0 heterocycles. The third-order valence-corrected chi connectivity index (χ3v) is 3.26. The fourth-order valence-electron chi connectivity index (χ4n) is 1.90. The van der Waals surface area contributed by atoms with Gasteiger partial charge in [0.25, 0.3) is 5.91 Å². The lowest BCUT2D eigenvalue weighted by atomic mass is 10.1. The van der Waals surface area contributed by atoms with E-state index in [0.29, 0.717) is 23.8 Å². The van der Waals surface area contributed by atoms with Crippen LogP contribution in [0.1, 0.15) is 30.6 Å². The van der Waals surface area contributed by atoms with E-state index in [1.807, 2.05) is 0 Å². The molecule has 0 unspecified atom stereocenters. The number of anilines is 1. The van der Waals surface area contributed by atoms with Crippen LogP contribution in [0.25, 0.3) is 0 Å². The lowest BCUT2D eigenvalue weighted by Gasteiger charge is -2.09. The summed E-state index contributed by atoms with van der Waals surface area (Å²) in [5.74, 6) is -0.736. The number of hydrogen-bond acceptors (Lipinski definition) is 2. The van der Waals surface area contributed by atoms with Crippen LogP contribution in [0.2, 0.25) is 0 Å². The van der Waals surface area contributed by atoms with Crippen LogP contribution in [-0.4, -0.2) is 12.5 Å². The van der Waals surface area contributed by atoms with Gasteiger partial charge in [-0.2, -0.15) is 0 Å². The van der Waals surface area contributed by atoms with Gasteiger partial charge in [-0.1, -0.05) is 13.8 Å². The Morgan fingerprint density at radius 3 is 2.43 bits per heavy atom. The standard InChI is InChI=1S/C18H19F2NO2/c1-12(2)9-10-23-15-6-3-13(4-7-15)18(22)21-17-8-5-14(19)11-16(17)20/h3-8,11-12H,9-10H2,1-2H3,(H,21,22). The molecular formula is C18H19F2NO2. The molecule has 0 saturated heterocycles. The molecule has 0 aromatic heterocycles. The summed E-state index contributed by atoms with van der Waals surface area (Å²) < 4.78 is 31.9. The maximum atomic E-state index is 13.5. The zero-order valence-electron chi connectivity index (χ0n) is 13.1. The van der Waals surface area contributed by atoms with Gasteiger partial charge in [0.1, 0.15) is 17.4 Å². The van der Waals surface area contributed by atoms with Crippen LogP contribution in [0.15, 0.2) is 42.5 Å². The van der Waals surface area contributed by atoms with Gasteiger partial charge >= 0.3 is 0 Å². The van der Waals surface area contributed by atoms with Crippen molar-refractivity contribution in [3.05, 3.63) is 59.7 Å². The SMILES string of the molecule is CC(C)CCOc1ccc(C(=O)Nc2ccc(F)cc2F)cc1. The van der Waals surface area contributed by atoms with Crippen molar-refractivity contribution in [2.45, 2.75) is 20.3 Å². The predicted octanol–water partition coefficient (Wildman–Crippen LogP) is 4.64. The first-order chi connectivity index (χ1) is 11.0. The number of carbonyl (C=O) groups excluding carboxylic acids is 1. The lowest BCUT2D eigenvalue weighted by Crippen LogP contribution is -2.13. The van der Waals surface area contributed by atoms with Gasteiger partial charge in [-0.25, -0.2) is 8.78 Å². The summed E-state index contributed by atoms with van der Waals surface area (Å²) in [5.41, 5.74) is 0.304. The molecule has 122 valence electrons. The van der Waals surface area contributed by atoms with Crippen LogP contribution in [0, 0.1) is 17.6 Å². The van der Waals surface area contributed by atoms with E-state index in [1.54, 1.807) is 24.3 Å². The molecule has 0 aliphatic heterocycles. The lowest BCUT2D eigenvalue weighted by molar-refractivity contribution is 0.102. The number of benzene rings is 2. The summed E-state index contributed by atoms with van der Waals surface area (Å²) in [6.07, 6.45) is 0.950. The summed E-state index contributed by atoms with van der Waals surface area (Å²) >= 11 is 0. The Balaban J connectivity index is 1.97. The molecule has 2 aromatic carbocycles. The number of hydrogen-bond donors (Lipinski definition) is 1.